The molecule has 2 saturated heterocycles. The van der Waals surface area contributed by atoms with Gasteiger partial charge in [-0.3, -0.25) is 24.5 Å². The fourth-order valence-corrected chi connectivity index (χ4v) is 8.82. The van der Waals surface area contributed by atoms with Gasteiger partial charge in [-0.05, 0) is 70.2 Å². The lowest BCUT2D eigenvalue weighted by Crippen LogP contribution is -2.43. The van der Waals surface area contributed by atoms with E-state index in [2.05, 4.69) is 68.5 Å². The molecule has 3 fully saturated rings. The van der Waals surface area contributed by atoms with Gasteiger partial charge in [-0.1, -0.05) is 24.3 Å². The summed E-state index contributed by atoms with van der Waals surface area (Å²) in [6, 6.07) is 12.4. The molecule has 1 unspecified atom stereocenters. The molecule has 5 aromatic rings. The Bertz CT molecular complexity index is 2290. The van der Waals surface area contributed by atoms with Crippen LogP contribution in [-0.2, 0) is 26.2 Å². The van der Waals surface area contributed by atoms with Crippen LogP contribution < -0.4 is 15.5 Å². The van der Waals surface area contributed by atoms with Crippen molar-refractivity contribution in [2.45, 2.75) is 82.2 Å². The van der Waals surface area contributed by atoms with E-state index >= 15 is 0 Å². The predicted molar refractivity (Wildman–Crippen MR) is 200 cm³/mol. The molecule has 15 nitrogen and oxygen atoms in total. The van der Waals surface area contributed by atoms with Crippen molar-refractivity contribution in [3.05, 3.63) is 72.3 Å². The van der Waals surface area contributed by atoms with Gasteiger partial charge in [0.25, 0.3) is 10.0 Å². The number of carbonyl (C=O) groups excluding carboxylic acids is 2. The van der Waals surface area contributed by atoms with E-state index in [1.807, 2.05) is 29.1 Å². The molecular formula is C37H43N11O4S. The number of nitrogens with one attached hydrogen (secondary N) is 2. The molecule has 1 aromatic carbocycles. The minimum atomic E-state index is -3.48. The van der Waals surface area contributed by atoms with Crippen molar-refractivity contribution in [3.8, 4) is 11.4 Å². The van der Waals surface area contributed by atoms with Crippen LogP contribution in [0.25, 0.3) is 22.3 Å². The summed E-state index contributed by atoms with van der Waals surface area (Å²) in [5, 5.41) is 15.5. The van der Waals surface area contributed by atoms with Crippen LogP contribution in [-0.4, -0.2) is 90.5 Å². The number of anilines is 3. The molecule has 6 heterocycles. The highest BCUT2D eigenvalue weighted by atomic mass is 32.2. The number of hydrogen-bond donors (Lipinski definition) is 2. The minimum Gasteiger partial charge on any atom is -0.354 e. The number of benzene rings is 1. The lowest BCUT2D eigenvalue weighted by atomic mass is 9.89. The first kappa shape index (κ1) is 34.8. The first-order chi connectivity index (χ1) is 25.5. The van der Waals surface area contributed by atoms with Gasteiger partial charge in [0.15, 0.2) is 11.6 Å². The summed E-state index contributed by atoms with van der Waals surface area (Å²) in [7, 11) is -1.32. The van der Waals surface area contributed by atoms with E-state index in [4.69, 9.17) is 10.1 Å². The second kappa shape index (κ2) is 14.0. The minimum absolute atomic E-state index is 0.121. The number of carbonyl (C=O) groups is 2. The molecule has 0 spiro atoms. The van der Waals surface area contributed by atoms with Crippen molar-refractivity contribution in [1.29, 1.82) is 0 Å². The third-order valence-corrected chi connectivity index (χ3v) is 12.4. The zero-order chi connectivity index (χ0) is 36.9. The summed E-state index contributed by atoms with van der Waals surface area (Å²) in [5.74, 6) is 1.71. The van der Waals surface area contributed by atoms with Crippen LogP contribution >= 0.6 is 0 Å². The molecule has 1 saturated carbocycles. The van der Waals surface area contributed by atoms with Gasteiger partial charge in [0.05, 0.1) is 40.0 Å². The number of nitrogens with zero attached hydrogens (tertiary/aromatic N) is 9. The maximum absolute atomic E-state index is 12.6. The van der Waals surface area contributed by atoms with Crippen molar-refractivity contribution in [1.82, 2.24) is 44.1 Å². The molecule has 1 aliphatic carbocycles. The van der Waals surface area contributed by atoms with Gasteiger partial charge >= 0.3 is 0 Å². The zero-order valence-electron chi connectivity index (χ0n) is 30.0. The van der Waals surface area contributed by atoms with Crippen LogP contribution in [0.4, 0.5) is 17.5 Å². The number of aromatic nitrogens is 7. The number of fused-ring (bicyclic) bond motifs is 1. The summed E-state index contributed by atoms with van der Waals surface area (Å²) >= 11 is 0. The average Bonchev–Trinajstić information content (AvgIpc) is 3.77. The molecule has 4 aromatic heterocycles. The van der Waals surface area contributed by atoms with Gasteiger partial charge in [0.1, 0.15) is 11.6 Å². The first-order valence-corrected chi connectivity index (χ1v) is 19.7. The molecule has 8 rings (SSSR count). The summed E-state index contributed by atoms with van der Waals surface area (Å²) in [6.45, 7) is 6.71. The second-order valence-electron chi connectivity index (χ2n) is 14.6. The van der Waals surface area contributed by atoms with Crippen LogP contribution in [0.15, 0.2) is 61.2 Å². The molecule has 276 valence electrons. The van der Waals surface area contributed by atoms with Crippen LogP contribution in [0.5, 0.6) is 0 Å². The molecule has 16 heteroatoms. The molecular weight excluding hydrogens is 695 g/mol. The Kier molecular flexibility index (Phi) is 9.18. The van der Waals surface area contributed by atoms with Gasteiger partial charge in [-0.2, -0.15) is 14.3 Å². The number of imide groups is 1. The molecule has 0 radical (unpaired) electrons. The first-order valence-electron chi connectivity index (χ1n) is 18.2. The van der Waals surface area contributed by atoms with E-state index < -0.39 is 10.0 Å². The van der Waals surface area contributed by atoms with Crippen molar-refractivity contribution < 1.29 is 18.0 Å². The van der Waals surface area contributed by atoms with E-state index in [9.17, 15) is 18.0 Å². The Morgan fingerprint density at radius 3 is 2.57 bits per heavy atom. The van der Waals surface area contributed by atoms with E-state index in [0.29, 0.717) is 54.7 Å². The van der Waals surface area contributed by atoms with E-state index in [-0.39, 0.29) is 29.0 Å². The summed E-state index contributed by atoms with van der Waals surface area (Å²) in [6.07, 6.45) is 10.6. The fraction of sp³-hybridized carbons (Fsp3) is 0.432. The monoisotopic (exact) mass is 737 g/mol. The Morgan fingerprint density at radius 2 is 1.81 bits per heavy atom. The standard InChI is InChI=1S/C37H43N11O4S/c1-23(2)48-31-18-33(41-32-11-14-38-35(42-32)26-19-40-47(22-26)53(51,52)28-7-8-28)39-20-30(31)36(44-48)46-15-12-27(13-16-46)45(3)21-24-5-4-6-25(17-24)29-9-10-34(49)43-37(29)50/h4-6,11,14,17-20,22-23,27-29H,7-10,12-13,15-16,21H2,1-3H3,(H,43,49,50)(H,38,39,41,42). The normalized spacial score (nSPS) is 18.7. The lowest BCUT2D eigenvalue weighted by Gasteiger charge is -2.37. The molecule has 2 N–H and O–H groups in total. The van der Waals surface area contributed by atoms with Crippen LogP contribution in [0.2, 0.25) is 0 Å². The third kappa shape index (κ3) is 7.12. The highest BCUT2D eigenvalue weighted by molar-refractivity contribution is 7.90. The van der Waals surface area contributed by atoms with E-state index in [1.54, 1.807) is 12.3 Å². The van der Waals surface area contributed by atoms with Crippen molar-refractivity contribution in [2.24, 2.45) is 0 Å². The number of pyridine rings is 1. The van der Waals surface area contributed by atoms with Gasteiger partial charge in [-0.15, -0.1) is 0 Å². The fourth-order valence-electron chi connectivity index (χ4n) is 7.34. The molecule has 2 amide bonds. The van der Waals surface area contributed by atoms with Crippen LogP contribution in [0.1, 0.15) is 75.5 Å². The van der Waals surface area contributed by atoms with Crippen molar-refractivity contribution in [2.75, 3.05) is 30.4 Å². The van der Waals surface area contributed by atoms with E-state index in [0.717, 1.165) is 64.4 Å². The quantitative estimate of drug-likeness (QED) is 0.184. The zero-order valence-corrected chi connectivity index (χ0v) is 30.8. The van der Waals surface area contributed by atoms with Crippen molar-refractivity contribution >= 4 is 50.2 Å². The number of piperidine rings is 2. The third-order valence-electron chi connectivity index (χ3n) is 10.4. The maximum atomic E-state index is 12.6. The molecule has 0 bridgehead atoms. The molecule has 53 heavy (non-hydrogen) atoms. The number of amides is 2. The summed E-state index contributed by atoms with van der Waals surface area (Å²) in [4.78, 5) is 42.5. The highest BCUT2D eigenvalue weighted by Crippen LogP contribution is 2.34. The number of hydrogen-bond acceptors (Lipinski definition) is 12. The second-order valence-corrected chi connectivity index (χ2v) is 16.6. The molecule has 3 aliphatic rings. The van der Waals surface area contributed by atoms with Gasteiger partial charge in [0, 0.05) is 56.6 Å². The Balaban J connectivity index is 0.936. The molecule has 1 atom stereocenters. The van der Waals surface area contributed by atoms with Crippen LogP contribution in [0, 0.1) is 0 Å². The van der Waals surface area contributed by atoms with Gasteiger partial charge in [0.2, 0.25) is 11.8 Å². The smallest absolute Gasteiger partial charge is 0.256 e. The Labute approximate surface area is 307 Å². The summed E-state index contributed by atoms with van der Waals surface area (Å²) < 4.78 is 28.3. The number of rotatable bonds is 11. The van der Waals surface area contributed by atoms with Crippen molar-refractivity contribution in [3.63, 3.8) is 0 Å². The summed E-state index contributed by atoms with van der Waals surface area (Å²) in [5.41, 5.74) is 3.59. The van der Waals surface area contributed by atoms with Gasteiger partial charge < -0.3 is 10.2 Å². The van der Waals surface area contributed by atoms with Gasteiger partial charge in [-0.25, -0.2) is 23.4 Å². The SMILES string of the molecule is CC(C)n1nc(N2CCC(N(C)Cc3cccc(C4CCC(=O)NC4=O)c3)CC2)c2cnc(Nc3ccnc(-c4cnn(S(=O)(=O)C5CC5)c4)n3)cc21. The Hall–Kier alpha value is -5.22. The maximum Gasteiger partial charge on any atom is 0.256 e. The molecule has 2 aliphatic heterocycles. The highest BCUT2D eigenvalue weighted by Gasteiger charge is 2.38. The van der Waals surface area contributed by atoms with E-state index in [1.165, 1.54) is 12.4 Å². The van der Waals surface area contributed by atoms with Crippen LogP contribution in [0.3, 0.4) is 0 Å². The average molecular weight is 738 g/mol. The Morgan fingerprint density at radius 1 is 1.00 bits per heavy atom. The lowest BCUT2D eigenvalue weighted by molar-refractivity contribution is -0.134. The topological polar surface area (TPSA) is 173 Å². The predicted octanol–water partition coefficient (Wildman–Crippen LogP) is 4.37. The largest absolute Gasteiger partial charge is 0.354 e.